The van der Waals surface area contributed by atoms with E-state index >= 15 is 0 Å². The van der Waals surface area contributed by atoms with Gasteiger partial charge in [0.05, 0.1) is 12.3 Å². The Bertz CT molecular complexity index is 1100. The average molecular weight is 430 g/mol. The number of hydrogen-bond acceptors (Lipinski definition) is 5. The van der Waals surface area contributed by atoms with E-state index in [4.69, 9.17) is 0 Å². The summed E-state index contributed by atoms with van der Waals surface area (Å²) in [6.07, 6.45) is 0. The highest BCUT2D eigenvalue weighted by Crippen LogP contribution is 2.22. The third-order valence-corrected chi connectivity index (χ3v) is 5.53. The first kappa shape index (κ1) is 20.7. The molecule has 0 fully saturated rings. The third-order valence-electron chi connectivity index (χ3n) is 4.60. The molecule has 0 aliphatic carbocycles. The highest BCUT2D eigenvalue weighted by atomic mass is 32.2. The van der Waals surface area contributed by atoms with Gasteiger partial charge in [-0.05, 0) is 29.8 Å². The van der Waals surface area contributed by atoms with E-state index in [0.717, 1.165) is 22.8 Å². The molecule has 0 atom stereocenters. The van der Waals surface area contributed by atoms with Gasteiger partial charge in [0, 0.05) is 17.9 Å². The molecule has 1 aromatic heterocycles. The molecule has 0 aliphatic rings. The highest BCUT2D eigenvalue weighted by molar-refractivity contribution is 7.99. The van der Waals surface area contributed by atoms with Crippen molar-refractivity contribution in [2.45, 2.75) is 18.2 Å². The van der Waals surface area contributed by atoms with E-state index in [2.05, 4.69) is 20.8 Å². The molecule has 4 aromatic rings. The number of rotatable bonds is 9. The number of anilines is 1. The predicted molar refractivity (Wildman–Crippen MR) is 124 cm³/mol. The van der Waals surface area contributed by atoms with Gasteiger partial charge >= 0.3 is 0 Å². The summed E-state index contributed by atoms with van der Waals surface area (Å²) in [5.74, 6) is 1.01. The standard InChI is InChI=1S/C24H23N5OS/c30-23(26-16-19-10-4-1-5-11-19)18-31-24-28-27-22(17-25-20-12-6-2-7-13-20)29(24)21-14-8-3-9-15-21/h1-15,25H,16-18H2,(H,26,30). The third kappa shape index (κ3) is 5.73. The van der Waals surface area contributed by atoms with Crippen LogP contribution >= 0.6 is 11.8 Å². The maximum Gasteiger partial charge on any atom is 0.230 e. The Morgan fingerprint density at radius 3 is 2.16 bits per heavy atom. The Labute approximate surface area is 185 Å². The normalized spacial score (nSPS) is 10.6. The van der Waals surface area contributed by atoms with Gasteiger partial charge in [-0.3, -0.25) is 9.36 Å². The van der Waals surface area contributed by atoms with Crippen LogP contribution in [0.4, 0.5) is 5.69 Å². The molecule has 3 aromatic carbocycles. The topological polar surface area (TPSA) is 71.8 Å². The van der Waals surface area contributed by atoms with E-state index in [9.17, 15) is 4.79 Å². The van der Waals surface area contributed by atoms with Crippen LogP contribution in [0.1, 0.15) is 11.4 Å². The van der Waals surface area contributed by atoms with Crippen LogP contribution in [0.3, 0.4) is 0 Å². The molecule has 0 aliphatic heterocycles. The molecule has 2 N–H and O–H groups in total. The van der Waals surface area contributed by atoms with Gasteiger partial charge in [0.2, 0.25) is 5.91 Å². The van der Waals surface area contributed by atoms with Crippen molar-refractivity contribution in [1.29, 1.82) is 0 Å². The molecule has 0 saturated carbocycles. The number of thioether (sulfide) groups is 1. The molecule has 0 unspecified atom stereocenters. The monoisotopic (exact) mass is 429 g/mol. The minimum absolute atomic E-state index is 0.0413. The van der Waals surface area contributed by atoms with Crippen LogP contribution in [0.2, 0.25) is 0 Å². The molecule has 156 valence electrons. The molecular formula is C24H23N5OS. The largest absolute Gasteiger partial charge is 0.378 e. The maximum absolute atomic E-state index is 12.4. The van der Waals surface area contributed by atoms with Gasteiger partial charge in [-0.2, -0.15) is 0 Å². The van der Waals surface area contributed by atoms with Crippen LogP contribution in [0.25, 0.3) is 5.69 Å². The van der Waals surface area contributed by atoms with Crippen molar-refractivity contribution in [2.24, 2.45) is 0 Å². The fourth-order valence-corrected chi connectivity index (χ4v) is 3.86. The number of amides is 1. The van der Waals surface area contributed by atoms with E-state index in [1.807, 2.05) is 95.6 Å². The van der Waals surface area contributed by atoms with Gasteiger partial charge in [0.25, 0.3) is 0 Å². The zero-order valence-corrected chi connectivity index (χ0v) is 17.8. The SMILES string of the molecule is O=C(CSc1nnc(CNc2ccccc2)n1-c1ccccc1)NCc1ccccc1. The summed E-state index contributed by atoms with van der Waals surface area (Å²) in [7, 11) is 0. The first-order valence-corrected chi connectivity index (χ1v) is 11.0. The molecule has 7 heteroatoms. The minimum atomic E-state index is -0.0413. The molecule has 0 bridgehead atoms. The number of benzene rings is 3. The van der Waals surface area contributed by atoms with Crippen LogP contribution in [-0.2, 0) is 17.9 Å². The Kier molecular flexibility index (Phi) is 6.97. The van der Waals surface area contributed by atoms with Crippen molar-refractivity contribution in [1.82, 2.24) is 20.1 Å². The molecule has 4 rings (SSSR count). The fraction of sp³-hybridized carbons (Fsp3) is 0.125. The van der Waals surface area contributed by atoms with Crippen molar-refractivity contribution in [3.8, 4) is 5.69 Å². The predicted octanol–water partition coefficient (Wildman–Crippen LogP) is 4.29. The fourth-order valence-electron chi connectivity index (χ4n) is 3.06. The second-order valence-electron chi connectivity index (χ2n) is 6.84. The minimum Gasteiger partial charge on any atom is -0.378 e. The summed E-state index contributed by atoms with van der Waals surface area (Å²) in [5, 5.41) is 15.7. The molecule has 1 amide bonds. The van der Waals surface area contributed by atoms with Gasteiger partial charge in [-0.25, -0.2) is 0 Å². The van der Waals surface area contributed by atoms with Crippen molar-refractivity contribution in [2.75, 3.05) is 11.1 Å². The van der Waals surface area contributed by atoms with Crippen molar-refractivity contribution < 1.29 is 4.79 Å². The lowest BCUT2D eigenvalue weighted by Gasteiger charge is -2.11. The second kappa shape index (κ2) is 10.4. The number of nitrogens with zero attached hydrogens (tertiary/aromatic N) is 3. The van der Waals surface area contributed by atoms with Crippen LogP contribution in [-0.4, -0.2) is 26.4 Å². The van der Waals surface area contributed by atoms with Gasteiger partial charge in [0.1, 0.15) is 0 Å². The zero-order valence-electron chi connectivity index (χ0n) is 16.9. The van der Waals surface area contributed by atoms with Gasteiger partial charge < -0.3 is 10.6 Å². The summed E-state index contributed by atoms with van der Waals surface area (Å²) in [6.45, 7) is 1.03. The Hall–Kier alpha value is -3.58. The summed E-state index contributed by atoms with van der Waals surface area (Å²) >= 11 is 1.38. The molecule has 6 nitrogen and oxygen atoms in total. The first-order valence-electron chi connectivity index (χ1n) is 10.0. The smallest absolute Gasteiger partial charge is 0.230 e. The number of nitrogens with one attached hydrogen (secondary N) is 2. The van der Waals surface area contributed by atoms with E-state index < -0.39 is 0 Å². The van der Waals surface area contributed by atoms with E-state index in [-0.39, 0.29) is 11.7 Å². The molecule has 31 heavy (non-hydrogen) atoms. The quantitative estimate of drug-likeness (QED) is 0.389. The van der Waals surface area contributed by atoms with E-state index in [0.29, 0.717) is 18.2 Å². The molecule has 1 heterocycles. The summed E-state index contributed by atoms with van der Waals surface area (Å²) in [6, 6.07) is 29.8. The zero-order chi connectivity index (χ0) is 21.3. The molecule has 0 spiro atoms. The van der Waals surface area contributed by atoms with E-state index in [1.54, 1.807) is 0 Å². The number of carbonyl (C=O) groups is 1. The van der Waals surface area contributed by atoms with Crippen LogP contribution < -0.4 is 10.6 Å². The van der Waals surface area contributed by atoms with Crippen molar-refractivity contribution in [3.05, 3.63) is 102 Å². The second-order valence-corrected chi connectivity index (χ2v) is 7.78. The van der Waals surface area contributed by atoms with Crippen LogP contribution in [0.15, 0.2) is 96.2 Å². The van der Waals surface area contributed by atoms with Crippen molar-refractivity contribution >= 4 is 23.4 Å². The van der Waals surface area contributed by atoms with Gasteiger partial charge in [0.15, 0.2) is 11.0 Å². The Balaban J connectivity index is 1.44. The lowest BCUT2D eigenvalue weighted by atomic mass is 10.2. The van der Waals surface area contributed by atoms with Crippen LogP contribution in [0.5, 0.6) is 0 Å². The number of aromatic nitrogens is 3. The van der Waals surface area contributed by atoms with Crippen molar-refractivity contribution in [3.63, 3.8) is 0 Å². The number of carbonyl (C=O) groups excluding carboxylic acids is 1. The Morgan fingerprint density at radius 2 is 1.45 bits per heavy atom. The lowest BCUT2D eigenvalue weighted by molar-refractivity contribution is -0.118. The number of hydrogen-bond donors (Lipinski definition) is 2. The highest BCUT2D eigenvalue weighted by Gasteiger charge is 2.15. The summed E-state index contributed by atoms with van der Waals surface area (Å²) in [4.78, 5) is 12.4. The van der Waals surface area contributed by atoms with E-state index in [1.165, 1.54) is 11.8 Å². The van der Waals surface area contributed by atoms with Gasteiger partial charge in [-0.1, -0.05) is 78.5 Å². The first-order chi connectivity index (χ1) is 15.3. The average Bonchev–Trinajstić information content (AvgIpc) is 3.25. The lowest BCUT2D eigenvalue weighted by Crippen LogP contribution is -2.24. The molecule has 0 saturated heterocycles. The van der Waals surface area contributed by atoms with Gasteiger partial charge in [-0.15, -0.1) is 10.2 Å². The number of para-hydroxylation sites is 2. The Morgan fingerprint density at radius 1 is 0.806 bits per heavy atom. The molecule has 0 radical (unpaired) electrons. The van der Waals surface area contributed by atoms with Crippen LogP contribution in [0, 0.1) is 0 Å². The summed E-state index contributed by atoms with van der Waals surface area (Å²) in [5.41, 5.74) is 3.05. The molecular weight excluding hydrogens is 406 g/mol. The summed E-state index contributed by atoms with van der Waals surface area (Å²) < 4.78 is 1.99. The maximum atomic E-state index is 12.4.